The van der Waals surface area contributed by atoms with Crippen LogP contribution >= 0.6 is 0 Å². The molecule has 1 aromatic heterocycles. The maximum atomic E-state index is 13.0. The van der Waals surface area contributed by atoms with E-state index in [9.17, 15) is 9.59 Å². The zero-order valence-electron chi connectivity index (χ0n) is 24.2. The Morgan fingerprint density at radius 3 is 2.71 bits per heavy atom. The number of amides is 1. The van der Waals surface area contributed by atoms with Crippen molar-refractivity contribution in [2.75, 3.05) is 26.2 Å². The highest BCUT2D eigenvalue weighted by Gasteiger charge is 2.24. The maximum absolute atomic E-state index is 13.0. The van der Waals surface area contributed by atoms with Gasteiger partial charge in [-0.3, -0.25) is 14.3 Å². The number of likely N-dealkylation sites (N-methyl/N-ethyl adjacent to an activating group) is 1. The van der Waals surface area contributed by atoms with Gasteiger partial charge >= 0.3 is 0 Å². The molecule has 0 fully saturated rings. The Hall–Kier alpha value is -4.23. The first-order valence-corrected chi connectivity index (χ1v) is 14.5. The molecule has 7 heteroatoms. The molecule has 0 saturated carbocycles. The van der Waals surface area contributed by atoms with Gasteiger partial charge in [-0.2, -0.15) is 5.10 Å². The van der Waals surface area contributed by atoms with E-state index in [4.69, 9.17) is 4.74 Å². The summed E-state index contributed by atoms with van der Waals surface area (Å²) >= 11 is 0. The number of carbonyl (C=O) groups is 2. The summed E-state index contributed by atoms with van der Waals surface area (Å²) in [5, 5.41) is 7.35. The molecule has 1 N–H and O–H groups in total. The lowest BCUT2D eigenvalue weighted by atomic mass is 9.93. The van der Waals surface area contributed by atoms with Crippen LogP contribution in [0.3, 0.4) is 0 Å². The van der Waals surface area contributed by atoms with E-state index in [-0.39, 0.29) is 18.1 Å². The summed E-state index contributed by atoms with van der Waals surface area (Å²) in [4.78, 5) is 28.2. The Kier molecular flexibility index (Phi) is 8.95. The van der Waals surface area contributed by atoms with Crippen LogP contribution in [0, 0.1) is 0 Å². The third-order valence-electron chi connectivity index (χ3n) is 7.75. The number of ether oxygens (including phenoxy) is 1. The van der Waals surface area contributed by atoms with E-state index >= 15 is 0 Å². The number of Topliss-reactive ketones (excluding diaryl/α,β-unsaturated/α-hetero) is 1. The number of rotatable bonds is 12. The number of hydrogen-bond donors (Lipinski definition) is 1. The van der Waals surface area contributed by atoms with E-state index in [2.05, 4.69) is 66.4 Å². The van der Waals surface area contributed by atoms with Crippen LogP contribution in [0.25, 0.3) is 6.08 Å². The third kappa shape index (κ3) is 6.92. The van der Waals surface area contributed by atoms with Gasteiger partial charge in [-0.05, 0) is 72.0 Å². The summed E-state index contributed by atoms with van der Waals surface area (Å²) in [6.45, 7) is 10.6. The van der Waals surface area contributed by atoms with Gasteiger partial charge in [-0.1, -0.05) is 63.3 Å². The van der Waals surface area contributed by atoms with E-state index < -0.39 is 0 Å². The Bertz CT molecular complexity index is 1520. The number of aromatic nitrogens is 2. The average molecular weight is 551 g/mol. The predicted molar refractivity (Wildman–Crippen MR) is 162 cm³/mol. The van der Waals surface area contributed by atoms with E-state index in [1.54, 1.807) is 29.2 Å². The number of ketones is 1. The summed E-state index contributed by atoms with van der Waals surface area (Å²) < 4.78 is 7.77. The minimum absolute atomic E-state index is 0.0554. The summed E-state index contributed by atoms with van der Waals surface area (Å²) in [6.07, 6.45) is 10.9. The number of hydrogen-bond acceptors (Lipinski definition) is 5. The van der Waals surface area contributed by atoms with E-state index in [1.807, 2.05) is 18.2 Å². The van der Waals surface area contributed by atoms with Crippen LogP contribution in [-0.4, -0.2) is 52.6 Å². The fraction of sp³-hybridized carbons (Fsp3) is 0.324. The topological polar surface area (TPSA) is 76.5 Å². The van der Waals surface area contributed by atoms with Crippen molar-refractivity contribution in [2.24, 2.45) is 0 Å². The second-order valence-electron chi connectivity index (χ2n) is 10.5. The summed E-state index contributed by atoms with van der Waals surface area (Å²) in [6, 6.07) is 14.5. The number of fused-ring (bicyclic) bond motifs is 1. The zero-order chi connectivity index (χ0) is 28.8. The molecule has 3 aromatic rings. The normalized spacial score (nSPS) is 14.4. The zero-order valence-corrected chi connectivity index (χ0v) is 24.2. The van der Waals surface area contributed by atoms with E-state index in [0.29, 0.717) is 36.4 Å². The summed E-state index contributed by atoms with van der Waals surface area (Å²) in [7, 11) is 0. The van der Waals surface area contributed by atoms with Gasteiger partial charge in [-0.15, -0.1) is 0 Å². The van der Waals surface area contributed by atoms with Crippen molar-refractivity contribution in [3.8, 4) is 5.75 Å². The Morgan fingerprint density at radius 1 is 1.07 bits per heavy atom. The second-order valence-corrected chi connectivity index (χ2v) is 10.5. The molecule has 2 aliphatic rings. The van der Waals surface area contributed by atoms with Gasteiger partial charge in [0.2, 0.25) is 0 Å². The van der Waals surface area contributed by atoms with Crippen LogP contribution in [0.4, 0.5) is 0 Å². The number of allylic oxidation sites excluding steroid dienone is 4. The lowest BCUT2D eigenvalue weighted by Crippen LogP contribution is -2.27. The molecular formula is C34H38N4O3. The van der Waals surface area contributed by atoms with Gasteiger partial charge in [0.25, 0.3) is 5.91 Å². The SMILES string of the molecule is CCc1cccc(Cn2cc(C(=O)NC3=CCC(=O)C(C4=Cc5cc(OCCN(CC)CC)ccc5C4)=C3)cn2)c1. The third-order valence-corrected chi connectivity index (χ3v) is 7.75. The first kappa shape index (κ1) is 28.3. The molecule has 0 bridgehead atoms. The lowest BCUT2D eigenvalue weighted by molar-refractivity contribution is -0.114. The number of nitrogens with one attached hydrogen (secondary N) is 1. The molecule has 1 amide bonds. The van der Waals surface area contributed by atoms with Gasteiger partial charge in [-0.25, -0.2) is 0 Å². The maximum Gasteiger partial charge on any atom is 0.258 e. The average Bonchev–Trinajstić information content (AvgIpc) is 3.63. The minimum Gasteiger partial charge on any atom is -0.492 e. The molecule has 0 aliphatic heterocycles. The van der Waals surface area contributed by atoms with Crippen molar-refractivity contribution in [1.82, 2.24) is 20.0 Å². The van der Waals surface area contributed by atoms with E-state index in [0.717, 1.165) is 48.5 Å². The molecule has 0 unspecified atom stereocenters. The van der Waals surface area contributed by atoms with Gasteiger partial charge in [0.15, 0.2) is 5.78 Å². The highest BCUT2D eigenvalue weighted by Crippen LogP contribution is 2.34. The van der Waals surface area contributed by atoms with Crippen molar-refractivity contribution in [3.63, 3.8) is 0 Å². The fourth-order valence-corrected chi connectivity index (χ4v) is 5.28. The van der Waals surface area contributed by atoms with Gasteiger partial charge < -0.3 is 15.0 Å². The Balaban J connectivity index is 1.22. The first-order valence-electron chi connectivity index (χ1n) is 14.5. The van der Waals surface area contributed by atoms with Crippen LogP contribution < -0.4 is 10.1 Å². The number of nitrogens with zero attached hydrogens (tertiary/aromatic N) is 3. The van der Waals surface area contributed by atoms with Crippen molar-refractivity contribution in [3.05, 3.63) is 112 Å². The molecule has 2 aromatic carbocycles. The highest BCUT2D eigenvalue weighted by atomic mass is 16.5. The molecule has 0 radical (unpaired) electrons. The number of aryl methyl sites for hydroxylation is 1. The molecule has 7 nitrogen and oxygen atoms in total. The van der Waals surface area contributed by atoms with Crippen LogP contribution in [0.15, 0.2) is 83.9 Å². The molecular weight excluding hydrogens is 512 g/mol. The quantitative estimate of drug-likeness (QED) is 0.328. The smallest absolute Gasteiger partial charge is 0.258 e. The van der Waals surface area contributed by atoms with Gasteiger partial charge in [0, 0.05) is 30.4 Å². The minimum atomic E-state index is -0.245. The molecule has 5 rings (SSSR count). The Labute approximate surface area is 242 Å². The van der Waals surface area contributed by atoms with Crippen LogP contribution in [0.5, 0.6) is 5.75 Å². The van der Waals surface area contributed by atoms with Crippen molar-refractivity contribution in [2.45, 2.75) is 46.6 Å². The lowest BCUT2D eigenvalue weighted by Gasteiger charge is -2.18. The molecule has 1 heterocycles. The Morgan fingerprint density at radius 2 is 1.90 bits per heavy atom. The standard InChI is InChI=1S/C34H38N4O3/c1-4-24-8-7-9-25(16-24)22-38-23-29(21-35-38)34(40)36-30-11-13-33(39)32(20-30)28-17-26-10-12-31(19-27(26)18-28)41-15-14-37(5-2)6-3/h7-12,16,18-21,23H,4-6,13-15,17,22H2,1-3H3,(H,36,40). The van der Waals surface area contributed by atoms with Crippen molar-refractivity contribution in [1.29, 1.82) is 0 Å². The van der Waals surface area contributed by atoms with Crippen molar-refractivity contribution >= 4 is 17.8 Å². The van der Waals surface area contributed by atoms with Gasteiger partial charge in [0.05, 0.1) is 18.3 Å². The summed E-state index contributed by atoms with van der Waals surface area (Å²) in [5.41, 5.74) is 7.38. The van der Waals surface area contributed by atoms with Crippen LogP contribution in [-0.2, 0) is 24.2 Å². The van der Waals surface area contributed by atoms with Crippen molar-refractivity contribution < 1.29 is 14.3 Å². The molecule has 2 aliphatic carbocycles. The first-order chi connectivity index (χ1) is 19.9. The molecule has 0 spiro atoms. The number of benzene rings is 2. The molecule has 212 valence electrons. The molecule has 0 saturated heterocycles. The van der Waals surface area contributed by atoms with Gasteiger partial charge in [0.1, 0.15) is 12.4 Å². The fourth-order valence-electron chi connectivity index (χ4n) is 5.28. The van der Waals surface area contributed by atoms with Crippen LogP contribution in [0.2, 0.25) is 0 Å². The van der Waals surface area contributed by atoms with Crippen LogP contribution in [0.1, 0.15) is 59.8 Å². The summed E-state index contributed by atoms with van der Waals surface area (Å²) in [5.74, 6) is 0.647. The monoisotopic (exact) mass is 550 g/mol. The predicted octanol–water partition coefficient (Wildman–Crippen LogP) is 5.37. The largest absolute Gasteiger partial charge is 0.492 e. The second kappa shape index (κ2) is 13.0. The molecule has 41 heavy (non-hydrogen) atoms. The highest BCUT2D eigenvalue weighted by molar-refractivity contribution is 6.04. The number of carbonyl (C=O) groups excluding carboxylic acids is 2. The molecule has 0 atom stereocenters. The van der Waals surface area contributed by atoms with E-state index in [1.165, 1.54) is 11.1 Å².